The van der Waals surface area contributed by atoms with E-state index >= 15 is 0 Å². The molecule has 0 spiro atoms. The van der Waals surface area contributed by atoms with Gasteiger partial charge in [0, 0.05) is 6.54 Å². The molecular formula is C12H21N3O4. The number of nitrogens with zero attached hydrogens (tertiary/aromatic N) is 1. The molecule has 0 radical (unpaired) electrons. The third-order valence-electron chi connectivity index (χ3n) is 3.28. The molecule has 3 amide bonds. The molecule has 0 bridgehead atoms. The summed E-state index contributed by atoms with van der Waals surface area (Å²) in [5, 5.41) is 11.5. The van der Waals surface area contributed by atoms with Crippen molar-refractivity contribution in [2.45, 2.75) is 51.1 Å². The Bertz CT molecular complexity index is 359. The number of unbranched alkanes of at least 4 members (excludes halogenated alkanes) is 1. The van der Waals surface area contributed by atoms with E-state index in [9.17, 15) is 14.4 Å². The van der Waals surface area contributed by atoms with Gasteiger partial charge < -0.3 is 21.1 Å². The number of carboxylic acid groups (broad SMARTS) is 1. The van der Waals surface area contributed by atoms with E-state index in [0.29, 0.717) is 25.8 Å². The fourth-order valence-electron chi connectivity index (χ4n) is 2.20. The van der Waals surface area contributed by atoms with Gasteiger partial charge in [-0.2, -0.15) is 0 Å². The van der Waals surface area contributed by atoms with E-state index in [1.54, 1.807) is 0 Å². The number of hydrogen-bond acceptors (Lipinski definition) is 3. The smallest absolute Gasteiger partial charge is 0.326 e. The summed E-state index contributed by atoms with van der Waals surface area (Å²) in [6.45, 7) is 2.38. The van der Waals surface area contributed by atoms with Crippen molar-refractivity contribution in [3.05, 3.63) is 0 Å². The quantitative estimate of drug-likeness (QED) is 0.644. The van der Waals surface area contributed by atoms with Crippen LogP contribution < -0.4 is 11.1 Å². The van der Waals surface area contributed by atoms with Crippen LogP contribution in [0.1, 0.15) is 39.0 Å². The minimum absolute atomic E-state index is 0.382. The van der Waals surface area contributed by atoms with Crippen molar-refractivity contribution in [1.82, 2.24) is 10.2 Å². The summed E-state index contributed by atoms with van der Waals surface area (Å²) >= 11 is 0. The average molecular weight is 271 g/mol. The van der Waals surface area contributed by atoms with Gasteiger partial charge in [0.25, 0.3) is 0 Å². The Morgan fingerprint density at radius 2 is 2.16 bits per heavy atom. The highest BCUT2D eigenvalue weighted by Crippen LogP contribution is 2.17. The third-order valence-corrected chi connectivity index (χ3v) is 3.28. The molecular weight excluding hydrogens is 250 g/mol. The lowest BCUT2D eigenvalue weighted by Crippen LogP contribution is -2.52. The van der Waals surface area contributed by atoms with Gasteiger partial charge in [0.2, 0.25) is 5.91 Å². The van der Waals surface area contributed by atoms with Gasteiger partial charge in [-0.1, -0.05) is 19.8 Å². The van der Waals surface area contributed by atoms with Crippen LogP contribution in [0.25, 0.3) is 0 Å². The monoisotopic (exact) mass is 271 g/mol. The van der Waals surface area contributed by atoms with Crippen LogP contribution in [-0.4, -0.2) is 46.5 Å². The maximum Gasteiger partial charge on any atom is 0.326 e. The van der Waals surface area contributed by atoms with Gasteiger partial charge in [0.05, 0.1) is 0 Å². The molecule has 1 unspecified atom stereocenters. The molecule has 7 nitrogen and oxygen atoms in total. The molecule has 0 aromatic carbocycles. The second-order valence-corrected chi connectivity index (χ2v) is 4.74. The number of rotatable bonds is 6. The van der Waals surface area contributed by atoms with Gasteiger partial charge in [0.1, 0.15) is 12.1 Å². The van der Waals surface area contributed by atoms with Crippen LogP contribution in [0.5, 0.6) is 0 Å². The van der Waals surface area contributed by atoms with Crippen LogP contribution >= 0.6 is 0 Å². The first-order valence-corrected chi connectivity index (χ1v) is 6.56. The highest BCUT2D eigenvalue weighted by Gasteiger charge is 2.34. The molecule has 0 aromatic heterocycles. The molecule has 1 aliphatic heterocycles. The standard InChI is InChI=1S/C12H21N3O4/c1-2-3-5-8(11(17)18)14-12(19)15-7-4-6-9(15)10(13)16/h8-9H,2-7H2,1H3,(H2,13,16)(H,14,19)(H,17,18)/t8-,9?/m0/s1. The van der Waals surface area contributed by atoms with Crippen LogP contribution in [0.15, 0.2) is 0 Å². The minimum atomic E-state index is -1.06. The molecule has 1 fully saturated rings. The van der Waals surface area contributed by atoms with Gasteiger partial charge in [-0.3, -0.25) is 4.79 Å². The number of nitrogens with one attached hydrogen (secondary N) is 1. The number of likely N-dealkylation sites (tertiary alicyclic amines) is 1. The Kier molecular flexibility index (Phi) is 5.59. The van der Waals surface area contributed by atoms with Crippen molar-refractivity contribution in [2.24, 2.45) is 5.73 Å². The maximum atomic E-state index is 12.0. The lowest BCUT2D eigenvalue weighted by molar-refractivity contribution is -0.139. The lowest BCUT2D eigenvalue weighted by Gasteiger charge is -2.24. The van der Waals surface area contributed by atoms with E-state index in [4.69, 9.17) is 10.8 Å². The molecule has 7 heteroatoms. The summed E-state index contributed by atoms with van der Waals surface area (Å²) < 4.78 is 0. The summed E-state index contributed by atoms with van der Waals surface area (Å²) in [6, 6.07) is -2.06. The summed E-state index contributed by atoms with van der Waals surface area (Å²) in [5.74, 6) is -1.61. The number of carbonyl (C=O) groups excluding carboxylic acids is 2. The second-order valence-electron chi connectivity index (χ2n) is 4.74. The Labute approximate surface area is 112 Å². The molecule has 1 heterocycles. The summed E-state index contributed by atoms with van der Waals surface area (Å²) in [6.07, 6.45) is 3.19. The predicted molar refractivity (Wildman–Crippen MR) is 68.4 cm³/mol. The van der Waals surface area contributed by atoms with Crippen molar-refractivity contribution >= 4 is 17.9 Å². The van der Waals surface area contributed by atoms with E-state index in [2.05, 4.69) is 5.32 Å². The highest BCUT2D eigenvalue weighted by atomic mass is 16.4. The first-order chi connectivity index (χ1) is 8.97. The van der Waals surface area contributed by atoms with Crippen LogP contribution in [0.4, 0.5) is 4.79 Å². The average Bonchev–Trinajstić information content (AvgIpc) is 2.83. The molecule has 0 saturated carbocycles. The third kappa shape index (κ3) is 4.11. The number of primary amides is 1. The van der Waals surface area contributed by atoms with Crippen LogP contribution in [0.2, 0.25) is 0 Å². The topological polar surface area (TPSA) is 113 Å². The number of aliphatic carboxylic acids is 1. The van der Waals surface area contributed by atoms with Gasteiger partial charge >= 0.3 is 12.0 Å². The van der Waals surface area contributed by atoms with Crippen molar-refractivity contribution in [2.75, 3.05) is 6.54 Å². The van der Waals surface area contributed by atoms with E-state index in [1.807, 2.05) is 6.92 Å². The SMILES string of the molecule is CCCC[C@H](NC(=O)N1CCCC1C(N)=O)C(=O)O. The molecule has 1 aliphatic rings. The highest BCUT2D eigenvalue weighted by molar-refractivity contribution is 5.88. The zero-order valence-corrected chi connectivity index (χ0v) is 11.1. The predicted octanol–water partition coefficient (Wildman–Crippen LogP) is 0.289. The van der Waals surface area contributed by atoms with Crippen molar-refractivity contribution < 1.29 is 19.5 Å². The van der Waals surface area contributed by atoms with Crippen molar-refractivity contribution in [1.29, 1.82) is 0 Å². The number of amides is 3. The van der Waals surface area contributed by atoms with Gasteiger partial charge in [0.15, 0.2) is 0 Å². The van der Waals surface area contributed by atoms with E-state index < -0.39 is 30.0 Å². The molecule has 1 saturated heterocycles. The van der Waals surface area contributed by atoms with Crippen molar-refractivity contribution in [3.63, 3.8) is 0 Å². The van der Waals surface area contributed by atoms with Crippen molar-refractivity contribution in [3.8, 4) is 0 Å². The van der Waals surface area contributed by atoms with Crippen LogP contribution in [0, 0.1) is 0 Å². The summed E-state index contributed by atoms with van der Waals surface area (Å²) in [7, 11) is 0. The van der Waals surface area contributed by atoms with Gasteiger partial charge in [-0.25, -0.2) is 9.59 Å². The zero-order chi connectivity index (χ0) is 14.4. The molecule has 108 valence electrons. The number of hydrogen-bond donors (Lipinski definition) is 3. The number of carboxylic acids is 1. The Balaban J connectivity index is 2.60. The molecule has 0 aliphatic carbocycles. The Morgan fingerprint density at radius 3 is 2.68 bits per heavy atom. The minimum Gasteiger partial charge on any atom is -0.480 e. The Morgan fingerprint density at radius 1 is 1.47 bits per heavy atom. The first kappa shape index (κ1) is 15.3. The lowest BCUT2D eigenvalue weighted by atomic mass is 10.1. The maximum absolute atomic E-state index is 12.0. The normalized spacial score (nSPS) is 20.1. The zero-order valence-electron chi connectivity index (χ0n) is 11.1. The summed E-state index contributed by atoms with van der Waals surface area (Å²) in [5.41, 5.74) is 5.22. The summed E-state index contributed by atoms with van der Waals surface area (Å²) in [4.78, 5) is 35.5. The van der Waals surface area contributed by atoms with Gasteiger partial charge in [-0.15, -0.1) is 0 Å². The second kappa shape index (κ2) is 6.96. The molecule has 19 heavy (non-hydrogen) atoms. The number of carbonyl (C=O) groups is 3. The van der Waals surface area contributed by atoms with Gasteiger partial charge in [-0.05, 0) is 19.3 Å². The first-order valence-electron chi connectivity index (χ1n) is 6.56. The van der Waals surface area contributed by atoms with Crippen LogP contribution in [-0.2, 0) is 9.59 Å². The fourth-order valence-corrected chi connectivity index (χ4v) is 2.20. The van der Waals surface area contributed by atoms with E-state index in [1.165, 1.54) is 4.90 Å². The number of nitrogens with two attached hydrogens (primary N) is 1. The van der Waals surface area contributed by atoms with Crippen LogP contribution in [0.3, 0.4) is 0 Å². The van der Waals surface area contributed by atoms with E-state index in [-0.39, 0.29) is 0 Å². The fraction of sp³-hybridized carbons (Fsp3) is 0.750. The van der Waals surface area contributed by atoms with E-state index in [0.717, 1.165) is 12.8 Å². The Hall–Kier alpha value is -1.79. The molecule has 0 aromatic rings. The molecule has 1 rings (SSSR count). The number of urea groups is 1. The largest absolute Gasteiger partial charge is 0.480 e. The molecule has 4 N–H and O–H groups in total. The molecule has 2 atom stereocenters.